The normalized spacial score (nSPS) is 13.9. The third-order valence-corrected chi connectivity index (χ3v) is 5.49. The molecule has 3 heterocycles. The molecule has 5 rings (SSSR count). The Morgan fingerprint density at radius 3 is 2.06 bits per heavy atom. The lowest BCUT2D eigenvalue weighted by molar-refractivity contribution is -0.132. The van der Waals surface area contributed by atoms with Gasteiger partial charge < -0.3 is 9.80 Å². The van der Waals surface area contributed by atoms with Gasteiger partial charge in [0.2, 0.25) is 11.9 Å². The SMILES string of the molecule is O=C(Cn1nc(-c2ccccc2)nc1-c1ccccc1)N1CCN(c2ncccn2)CC1. The Morgan fingerprint density at radius 1 is 0.781 bits per heavy atom. The van der Waals surface area contributed by atoms with Crippen LogP contribution in [0.3, 0.4) is 0 Å². The average Bonchev–Trinajstić information content (AvgIpc) is 3.29. The first-order chi connectivity index (χ1) is 15.8. The summed E-state index contributed by atoms with van der Waals surface area (Å²) in [4.78, 5) is 30.5. The van der Waals surface area contributed by atoms with Crippen molar-refractivity contribution in [3.63, 3.8) is 0 Å². The minimum Gasteiger partial charge on any atom is -0.338 e. The van der Waals surface area contributed by atoms with Crippen molar-refractivity contribution in [2.45, 2.75) is 6.54 Å². The second-order valence-electron chi connectivity index (χ2n) is 7.57. The standard InChI is InChI=1S/C24H23N7O/c32-21(29-14-16-30(17-15-29)24-25-12-7-13-26-24)18-31-23(20-10-5-2-6-11-20)27-22(28-31)19-8-3-1-4-9-19/h1-13H,14-18H2. The van der Waals surface area contributed by atoms with Crippen molar-refractivity contribution < 1.29 is 4.79 Å². The summed E-state index contributed by atoms with van der Waals surface area (Å²) in [5.41, 5.74) is 1.85. The van der Waals surface area contributed by atoms with E-state index in [9.17, 15) is 4.79 Å². The van der Waals surface area contributed by atoms with E-state index >= 15 is 0 Å². The van der Waals surface area contributed by atoms with Gasteiger partial charge in [0.05, 0.1) is 0 Å². The summed E-state index contributed by atoms with van der Waals surface area (Å²) in [6.45, 7) is 2.80. The van der Waals surface area contributed by atoms with Crippen LogP contribution in [-0.2, 0) is 11.3 Å². The molecule has 0 aliphatic carbocycles. The van der Waals surface area contributed by atoms with Crippen molar-refractivity contribution in [2.24, 2.45) is 0 Å². The van der Waals surface area contributed by atoms with Crippen molar-refractivity contribution >= 4 is 11.9 Å². The predicted octanol–water partition coefficient (Wildman–Crippen LogP) is 2.75. The lowest BCUT2D eigenvalue weighted by Gasteiger charge is -2.34. The van der Waals surface area contributed by atoms with Gasteiger partial charge >= 0.3 is 0 Å². The topological polar surface area (TPSA) is 80.0 Å². The molecule has 32 heavy (non-hydrogen) atoms. The Balaban J connectivity index is 1.34. The van der Waals surface area contributed by atoms with E-state index in [0.717, 1.165) is 11.1 Å². The largest absolute Gasteiger partial charge is 0.338 e. The van der Waals surface area contributed by atoms with E-state index in [2.05, 4.69) is 20.0 Å². The fourth-order valence-electron chi connectivity index (χ4n) is 3.80. The number of amides is 1. The second kappa shape index (κ2) is 8.97. The summed E-state index contributed by atoms with van der Waals surface area (Å²) in [5.74, 6) is 2.03. The summed E-state index contributed by atoms with van der Waals surface area (Å²) >= 11 is 0. The first-order valence-corrected chi connectivity index (χ1v) is 10.6. The van der Waals surface area contributed by atoms with E-state index in [1.54, 1.807) is 23.1 Å². The molecule has 1 aliphatic heterocycles. The number of rotatable bonds is 5. The van der Waals surface area contributed by atoms with Gasteiger partial charge in [-0.2, -0.15) is 0 Å². The number of hydrogen-bond donors (Lipinski definition) is 0. The number of carbonyl (C=O) groups is 1. The van der Waals surface area contributed by atoms with Gasteiger partial charge in [-0.1, -0.05) is 60.7 Å². The Morgan fingerprint density at radius 2 is 1.41 bits per heavy atom. The summed E-state index contributed by atoms with van der Waals surface area (Å²) in [7, 11) is 0. The van der Waals surface area contributed by atoms with Crippen LogP contribution in [0.4, 0.5) is 5.95 Å². The van der Waals surface area contributed by atoms with Crippen LogP contribution in [0, 0.1) is 0 Å². The quantitative estimate of drug-likeness (QED) is 0.489. The Kier molecular flexibility index (Phi) is 5.57. The maximum Gasteiger partial charge on any atom is 0.244 e. The fraction of sp³-hybridized carbons (Fsp3) is 0.208. The molecule has 2 aromatic carbocycles. The van der Waals surface area contributed by atoms with Crippen LogP contribution >= 0.6 is 0 Å². The lowest BCUT2D eigenvalue weighted by Crippen LogP contribution is -2.50. The molecule has 160 valence electrons. The van der Waals surface area contributed by atoms with E-state index in [-0.39, 0.29) is 12.5 Å². The van der Waals surface area contributed by atoms with Crippen molar-refractivity contribution in [1.82, 2.24) is 29.6 Å². The molecule has 0 atom stereocenters. The third-order valence-electron chi connectivity index (χ3n) is 5.49. The van der Waals surface area contributed by atoms with Gasteiger partial charge in [-0.25, -0.2) is 19.6 Å². The summed E-state index contributed by atoms with van der Waals surface area (Å²) in [6, 6.07) is 21.5. The number of aromatic nitrogens is 5. The summed E-state index contributed by atoms with van der Waals surface area (Å²) in [6.07, 6.45) is 3.47. The Hall–Kier alpha value is -4.07. The van der Waals surface area contributed by atoms with Gasteiger partial charge in [0.1, 0.15) is 6.54 Å². The number of anilines is 1. The van der Waals surface area contributed by atoms with Crippen LogP contribution < -0.4 is 4.90 Å². The monoisotopic (exact) mass is 425 g/mol. The summed E-state index contributed by atoms with van der Waals surface area (Å²) < 4.78 is 1.71. The lowest BCUT2D eigenvalue weighted by atomic mass is 10.2. The van der Waals surface area contributed by atoms with E-state index in [0.29, 0.717) is 43.8 Å². The van der Waals surface area contributed by atoms with E-state index < -0.39 is 0 Å². The number of carbonyl (C=O) groups excluding carboxylic acids is 1. The zero-order valence-electron chi connectivity index (χ0n) is 17.6. The number of piperazine rings is 1. The third kappa shape index (κ3) is 4.20. The molecule has 1 saturated heterocycles. The molecule has 1 fully saturated rings. The van der Waals surface area contributed by atoms with Gasteiger partial charge in [-0.05, 0) is 6.07 Å². The van der Waals surface area contributed by atoms with Crippen molar-refractivity contribution in [3.05, 3.63) is 79.1 Å². The molecule has 4 aromatic rings. The van der Waals surface area contributed by atoms with Crippen molar-refractivity contribution in [2.75, 3.05) is 31.1 Å². The van der Waals surface area contributed by atoms with Gasteiger partial charge in [0.25, 0.3) is 0 Å². The molecule has 1 aliphatic rings. The Labute approximate surface area is 186 Å². The minimum atomic E-state index is 0.0281. The predicted molar refractivity (Wildman–Crippen MR) is 122 cm³/mol. The van der Waals surface area contributed by atoms with Crippen LogP contribution in [0.15, 0.2) is 79.1 Å². The van der Waals surface area contributed by atoms with Crippen LogP contribution in [0.1, 0.15) is 0 Å². The second-order valence-corrected chi connectivity index (χ2v) is 7.57. The number of nitrogens with zero attached hydrogens (tertiary/aromatic N) is 7. The average molecular weight is 425 g/mol. The Bertz CT molecular complexity index is 1170. The minimum absolute atomic E-state index is 0.0281. The van der Waals surface area contributed by atoms with Crippen molar-refractivity contribution in [3.8, 4) is 22.8 Å². The first kappa shape index (κ1) is 19.9. The van der Waals surface area contributed by atoms with E-state index in [4.69, 9.17) is 4.98 Å². The van der Waals surface area contributed by atoms with Crippen molar-refractivity contribution in [1.29, 1.82) is 0 Å². The van der Waals surface area contributed by atoms with Gasteiger partial charge in [0, 0.05) is 49.7 Å². The van der Waals surface area contributed by atoms with Crippen LogP contribution in [0.2, 0.25) is 0 Å². The maximum atomic E-state index is 13.1. The fourth-order valence-corrected chi connectivity index (χ4v) is 3.80. The highest BCUT2D eigenvalue weighted by molar-refractivity contribution is 5.77. The molecule has 0 radical (unpaired) electrons. The summed E-state index contributed by atoms with van der Waals surface area (Å²) in [5, 5.41) is 4.68. The van der Waals surface area contributed by atoms with E-state index in [1.165, 1.54) is 0 Å². The first-order valence-electron chi connectivity index (χ1n) is 10.6. The molecule has 1 amide bonds. The molecule has 0 unspecified atom stereocenters. The zero-order chi connectivity index (χ0) is 21.8. The molecular formula is C24H23N7O. The molecule has 8 heteroatoms. The smallest absolute Gasteiger partial charge is 0.244 e. The zero-order valence-corrected chi connectivity index (χ0v) is 17.6. The maximum absolute atomic E-state index is 13.1. The molecule has 8 nitrogen and oxygen atoms in total. The molecule has 0 saturated carbocycles. The molecule has 0 N–H and O–H groups in total. The molecule has 0 spiro atoms. The van der Waals surface area contributed by atoms with Crippen LogP contribution in [0.25, 0.3) is 22.8 Å². The van der Waals surface area contributed by atoms with Gasteiger partial charge in [-0.15, -0.1) is 5.10 Å². The molecule has 2 aromatic heterocycles. The van der Waals surface area contributed by atoms with Crippen LogP contribution in [-0.4, -0.2) is 61.7 Å². The number of hydrogen-bond acceptors (Lipinski definition) is 6. The highest BCUT2D eigenvalue weighted by Gasteiger charge is 2.24. The number of benzene rings is 2. The van der Waals surface area contributed by atoms with Gasteiger partial charge in [-0.3, -0.25) is 4.79 Å². The highest BCUT2D eigenvalue weighted by atomic mass is 16.2. The van der Waals surface area contributed by atoms with E-state index in [1.807, 2.05) is 65.6 Å². The molecule has 0 bridgehead atoms. The van der Waals surface area contributed by atoms with Crippen LogP contribution in [0.5, 0.6) is 0 Å². The van der Waals surface area contributed by atoms with Gasteiger partial charge in [0.15, 0.2) is 11.6 Å². The molecular weight excluding hydrogens is 402 g/mol. The highest BCUT2D eigenvalue weighted by Crippen LogP contribution is 2.22.